The molecule has 1 amide bonds. The van der Waals surface area contributed by atoms with Crippen LogP contribution in [-0.2, 0) is 9.47 Å². The molecule has 1 aliphatic rings. The lowest BCUT2D eigenvalue weighted by Crippen LogP contribution is -2.48. The highest BCUT2D eigenvalue weighted by molar-refractivity contribution is 5.89. The van der Waals surface area contributed by atoms with E-state index in [2.05, 4.69) is 5.32 Å². The first kappa shape index (κ1) is 19.1. The molecule has 0 aromatic heterocycles. The zero-order valence-corrected chi connectivity index (χ0v) is 15.5. The Kier molecular flexibility index (Phi) is 6.28. The first-order valence-corrected chi connectivity index (χ1v) is 8.72. The summed E-state index contributed by atoms with van der Waals surface area (Å²) >= 11 is 0. The summed E-state index contributed by atoms with van der Waals surface area (Å²) in [6.45, 7) is 7.01. The minimum absolute atomic E-state index is 0.101. The van der Waals surface area contributed by atoms with Crippen LogP contribution >= 0.6 is 0 Å². The Morgan fingerprint density at radius 1 is 1.20 bits per heavy atom. The zero-order chi connectivity index (χ0) is 18.4. The summed E-state index contributed by atoms with van der Waals surface area (Å²) in [5.41, 5.74) is 0.930. The molecule has 0 saturated carbocycles. The SMILES string of the molecule is COC(=O)c1ccc(NCC2CCCCN2C(=O)OC(C)(C)C)cc1. The van der Waals surface area contributed by atoms with Gasteiger partial charge in [-0.05, 0) is 64.3 Å². The summed E-state index contributed by atoms with van der Waals surface area (Å²) in [6, 6.07) is 7.23. The third-order valence-electron chi connectivity index (χ3n) is 4.10. The number of likely N-dealkylation sites (tertiary alicyclic amines) is 1. The fraction of sp³-hybridized carbons (Fsp3) is 0.579. The summed E-state index contributed by atoms with van der Waals surface area (Å²) in [7, 11) is 1.36. The molecule has 0 spiro atoms. The van der Waals surface area contributed by atoms with E-state index in [0.717, 1.165) is 31.5 Å². The predicted octanol–water partition coefficient (Wildman–Crippen LogP) is 3.67. The molecule has 1 aromatic carbocycles. The van der Waals surface area contributed by atoms with Crippen molar-refractivity contribution in [1.82, 2.24) is 4.90 Å². The van der Waals surface area contributed by atoms with Gasteiger partial charge in [-0.15, -0.1) is 0 Å². The number of anilines is 1. The molecule has 1 heterocycles. The molecule has 138 valence electrons. The number of hydrogen-bond donors (Lipinski definition) is 1. The van der Waals surface area contributed by atoms with Gasteiger partial charge in [0.15, 0.2) is 0 Å². The Morgan fingerprint density at radius 2 is 1.88 bits per heavy atom. The van der Waals surface area contributed by atoms with Gasteiger partial charge in [-0.2, -0.15) is 0 Å². The molecule has 6 nitrogen and oxygen atoms in total. The first-order valence-electron chi connectivity index (χ1n) is 8.72. The van der Waals surface area contributed by atoms with Gasteiger partial charge in [-0.25, -0.2) is 9.59 Å². The van der Waals surface area contributed by atoms with Crippen molar-refractivity contribution >= 4 is 17.7 Å². The second kappa shape index (κ2) is 8.23. The molecular weight excluding hydrogens is 320 g/mol. The Bertz CT molecular complexity index is 592. The maximum atomic E-state index is 12.4. The largest absolute Gasteiger partial charge is 0.465 e. The molecule has 2 rings (SSSR count). The van der Waals surface area contributed by atoms with Crippen LogP contribution in [0.1, 0.15) is 50.4 Å². The Morgan fingerprint density at radius 3 is 2.48 bits per heavy atom. The van der Waals surface area contributed by atoms with Gasteiger partial charge in [0, 0.05) is 18.8 Å². The zero-order valence-electron chi connectivity index (χ0n) is 15.5. The predicted molar refractivity (Wildman–Crippen MR) is 96.9 cm³/mol. The standard InChI is InChI=1S/C19H28N2O4/c1-19(2,3)25-18(23)21-12-6-5-7-16(21)13-20-15-10-8-14(9-11-15)17(22)24-4/h8-11,16,20H,5-7,12-13H2,1-4H3. The van der Waals surface area contributed by atoms with E-state index < -0.39 is 5.60 Å². The first-order chi connectivity index (χ1) is 11.8. The van der Waals surface area contributed by atoms with Gasteiger partial charge >= 0.3 is 12.1 Å². The number of rotatable bonds is 4. The lowest BCUT2D eigenvalue weighted by atomic mass is 10.0. The summed E-state index contributed by atoms with van der Waals surface area (Å²) in [6.07, 6.45) is 2.81. The van der Waals surface area contributed by atoms with E-state index in [0.29, 0.717) is 12.1 Å². The molecule has 0 aliphatic carbocycles. The molecule has 25 heavy (non-hydrogen) atoms. The third-order valence-corrected chi connectivity index (χ3v) is 4.10. The molecule has 1 fully saturated rings. The number of methoxy groups -OCH3 is 1. The van der Waals surface area contributed by atoms with Gasteiger partial charge in [0.2, 0.25) is 0 Å². The minimum atomic E-state index is -0.490. The maximum absolute atomic E-state index is 12.4. The van der Waals surface area contributed by atoms with Gasteiger partial charge in [-0.1, -0.05) is 0 Å². The topological polar surface area (TPSA) is 67.9 Å². The Hall–Kier alpha value is -2.24. The molecule has 1 atom stereocenters. The monoisotopic (exact) mass is 348 g/mol. The number of ether oxygens (including phenoxy) is 2. The molecular formula is C19H28N2O4. The van der Waals surface area contributed by atoms with Crippen LogP contribution in [0.5, 0.6) is 0 Å². The molecule has 0 bridgehead atoms. The van der Waals surface area contributed by atoms with Crippen LogP contribution in [-0.4, -0.2) is 48.8 Å². The van der Waals surface area contributed by atoms with Crippen molar-refractivity contribution in [2.75, 3.05) is 25.5 Å². The van der Waals surface area contributed by atoms with Crippen molar-refractivity contribution in [3.8, 4) is 0 Å². The van der Waals surface area contributed by atoms with Crippen LogP contribution in [0.15, 0.2) is 24.3 Å². The van der Waals surface area contributed by atoms with E-state index in [1.165, 1.54) is 7.11 Å². The fourth-order valence-corrected chi connectivity index (χ4v) is 2.85. The third kappa shape index (κ3) is 5.66. The molecule has 1 aliphatic heterocycles. The van der Waals surface area contributed by atoms with Crippen molar-refractivity contribution in [3.63, 3.8) is 0 Å². The number of benzene rings is 1. The quantitative estimate of drug-likeness (QED) is 0.841. The van der Waals surface area contributed by atoms with Crippen molar-refractivity contribution in [2.45, 2.75) is 51.7 Å². The second-order valence-electron chi connectivity index (χ2n) is 7.27. The Balaban J connectivity index is 1.95. The van der Waals surface area contributed by atoms with Crippen molar-refractivity contribution in [2.24, 2.45) is 0 Å². The van der Waals surface area contributed by atoms with E-state index in [9.17, 15) is 9.59 Å². The van der Waals surface area contributed by atoms with Gasteiger partial charge in [0.05, 0.1) is 18.7 Å². The molecule has 6 heteroatoms. The Labute approximate surface area is 149 Å². The molecule has 1 saturated heterocycles. The van der Waals surface area contributed by atoms with Crippen LogP contribution in [0.25, 0.3) is 0 Å². The lowest BCUT2D eigenvalue weighted by Gasteiger charge is -2.37. The second-order valence-corrected chi connectivity index (χ2v) is 7.27. The van der Waals surface area contributed by atoms with E-state index in [1.807, 2.05) is 37.8 Å². The number of hydrogen-bond acceptors (Lipinski definition) is 5. The number of esters is 1. The smallest absolute Gasteiger partial charge is 0.410 e. The summed E-state index contributed by atoms with van der Waals surface area (Å²) in [4.78, 5) is 25.7. The van der Waals surface area contributed by atoms with Crippen LogP contribution in [0.4, 0.5) is 10.5 Å². The number of amides is 1. The summed E-state index contributed by atoms with van der Waals surface area (Å²) < 4.78 is 10.2. The molecule has 1 N–H and O–H groups in total. The van der Waals surface area contributed by atoms with E-state index in [1.54, 1.807) is 12.1 Å². The van der Waals surface area contributed by atoms with E-state index in [-0.39, 0.29) is 18.1 Å². The summed E-state index contributed by atoms with van der Waals surface area (Å²) in [5.74, 6) is -0.352. The van der Waals surface area contributed by atoms with Crippen molar-refractivity contribution in [1.29, 1.82) is 0 Å². The van der Waals surface area contributed by atoms with Crippen molar-refractivity contribution in [3.05, 3.63) is 29.8 Å². The number of carbonyl (C=O) groups is 2. The lowest BCUT2D eigenvalue weighted by molar-refractivity contribution is 0.0114. The van der Waals surface area contributed by atoms with Gasteiger partial charge in [-0.3, -0.25) is 0 Å². The average molecular weight is 348 g/mol. The highest BCUT2D eigenvalue weighted by atomic mass is 16.6. The van der Waals surface area contributed by atoms with E-state index in [4.69, 9.17) is 9.47 Å². The molecule has 1 unspecified atom stereocenters. The minimum Gasteiger partial charge on any atom is -0.465 e. The number of piperidine rings is 1. The van der Waals surface area contributed by atoms with E-state index >= 15 is 0 Å². The van der Waals surface area contributed by atoms with Crippen LogP contribution in [0.3, 0.4) is 0 Å². The van der Waals surface area contributed by atoms with Gasteiger partial charge in [0.25, 0.3) is 0 Å². The van der Waals surface area contributed by atoms with Crippen LogP contribution < -0.4 is 5.32 Å². The van der Waals surface area contributed by atoms with Gasteiger partial charge in [0.1, 0.15) is 5.60 Å². The number of carbonyl (C=O) groups excluding carboxylic acids is 2. The van der Waals surface area contributed by atoms with Gasteiger partial charge < -0.3 is 19.7 Å². The van der Waals surface area contributed by atoms with Crippen LogP contribution in [0, 0.1) is 0 Å². The molecule has 1 aromatic rings. The highest BCUT2D eigenvalue weighted by Crippen LogP contribution is 2.21. The summed E-state index contributed by atoms with van der Waals surface area (Å²) in [5, 5.41) is 3.34. The normalized spacial score (nSPS) is 17.8. The maximum Gasteiger partial charge on any atom is 0.410 e. The van der Waals surface area contributed by atoms with Crippen LogP contribution in [0.2, 0.25) is 0 Å². The number of nitrogens with zero attached hydrogens (tertiary/aromatic N) is 1. The fourth-order valence-electron chi connectivity index (χ4n) is 2.85. The average Bonchev–Trinajstić information content (AvgIpc) is 2.58. The molecule has 0 radical (unpaired) electrons. The highest BCUT2D eigenvalue weighted by Gasteiger charge is 2.30. The number of nitrogens with one attached hydrogen (secondary N) is 1. The van der Waals surface area contributed by atoms with Crippen molar-refractivity contribution < 1.29 is 19.1 Å².